The highest BCUT2D eigenvalue weighted by Crippen LogP contribution is 2.34. The molecule has 2 rings (SSSR count). The van der Waals surface area contributed by atoms with Crippen LogP contribution in [0.15, 0.2) is 15.9 Å². The quantitative estimate of drug-likeness (QED) is 0.842. The molecule has 4 heteroatoms. The van der Waals surface area contributed by atoms with Crippen molar-refractivity contribution in [2.45, 2.75) is 31.2 Å². The fraction of sp³-hybridized carbons (Fsp3) is 0.500. The van der Waals surface area contributed by atoms with E-state index in [0.29, 0.717) is 0 Å². The van der Waals surface area contributed by atoms with E-state index in [1.165, 1.54) is 11.3 Å². The molecule has 0 spiro atoms. The highest BCUT2D eigenvalue weighted by atomic mass is 79.9. The van der Waals surface area contributed by atoms with Gasteiger partial charge in [-0.2, -0.15) is 0 Å². The summed E-state index contributed by atoms with van der Waals surface area (Å²) in [6.45, 7) is 0. The average Bonchev–Trinajstić information content (AvgIpc) is 2.74. The third-order valence-electron chi connectivity index (χ3n) is 2.77. The van der Waals surface area contributed by atoms with Crippen molar-refractivity contribution in [3.8, 4) is 0 Å². The van der Waals surface area contributed by atoms with Crippen LogP contribution in [0.4, 0.5) is 0 Å². The van der Waals surface area contributed by atoms with E-state index < -0.39 is 5.54 Å². The van der Waals surface area contributed by atoms with E-state index in [1.807, 2.05) is 11.4 Å². The van der Waals surface area contributed by atoms with E-state index in [-0.39, 0.29) is 5.78 Å². The lowest BCUT2D eigenvalue weighted by Crippen LogP contribution is -2.44. The second-order valence-electron chi connectivity index (χ2n) is 3.79. The number of carbonyl (C=O) groups excluding carboxylic acids is 1. The van der Waals surface area contributed by atoms with Gasteiger partial charge in [0.2, 0.25) is 0 Å². The van der Waals surface area contributed by atoms with Crippen LogP contribution >= 0.6 is 27.3 Å². The third-order valence-corrected chi connectivity index (χ3v) is 4.61. The summed E-state index contributed by atoms with van der Waals surface area (Å²) < 4.78 is 0.879. The van der Waals surface area contributed by atoms with Crippen molar-refractivity contribution in [2.24, 2.45) is 5.73 Å². The first-order valence-corrected chi connectivity index (χ1v) is 6.37. The van der Waals surface area contributed by atoms with Crippen LogP contribution in [0.3, 0.4) is 0 Å². The van der Waals surface area contributed by atoms with Gasteiger partial charge in [0.1, 0.15) is 0 Å². The van der Waals surface area contributed by atoms with Gasteiger partial charge >= 0.3 is 0 Å². The van der Waals surface area contributed by atoms with Gasteiger partial charge in [0.05, 0.1) is 10.4 Å². The second kappa shape index (κ2) is 3.76. The van der Waals surface area contributed by atoms with E-state index >= 15 is 0 Å². The Balaban J connectivity index is 2.28. The van der Waals surface area contributed by atoms with Crippen LogP contribution in [0.1, 0.15) is 35.4 Å². The largest absolute Gasteiger partial charge is 0.319 e. The van der Waals surface area contributed by atoms with Gasteiger partial charge in [-0.25, -0.2) is 0 Å². The number of halogens is 1. The van der Waals surface area contributed by atoms with Crippen molar-refractivity contribution >= 4 is 33.0 Å². The molecule has 0 aliphatic heterocycles. The number of ketones is 1. The van der Waals surface area contributed by atoms with Crippen LogP contribution < -0.4 is 5.73 Å². The number of hydrogen-bond acceptors (Lipinski definition) is 3. The zero-order valence-electron chi connectivity index (χ0n) is 7.75. The fourth-order valence-electron chi connectivity index (χ4n) is 1.91. The molecule has 0 unspecified atom stereocenters. The van der Waals surface area contributed by atoms with Gasteiger partial charge < -0.3 is 5.73 Å². The van der Waals surface area contributed by atoms with E-state index in [2.05, 4.69) is 15.9 Å². The summed E-state index contributed by atoms with van der Waals surface area (Å²) in [4.78, 5) is 12.9. The molecule has 0 radical (unpaired) electrons. The van der Waals surface area contributed by atoms with Crippen molar-refractivity contribution in [1.82, 2.24) is 0 Å². The summed E-state index contributed by atoms with van der Waals surface area (Å²) in [5.41, 5.74) is 5.51. The second-order valence-corrected chi connectivity index (χ2v) is 5.56. The molecule has 1 heterocycles. The summed E-state index contributed by atoms with van der Waals surface area (Å²) in [6.07, 6.45) is 3.81. The Bertz CT molecular complexity index is 355. The maximum atomic E-state index is 12.1. The molecule has 2 nitrogen and oxygen atoms in total. The zero-order chi connectivity index (χ0) is 10.2. The summed E-state index contributed by atoms with van der Waals surface area (Å²) >= 11 is 4.84. The number of Topliss-reactive ketones (excluding diaryl/α,β-unsaturated/α-hetero) is 1. The monoisotopic (exact) mass is 273 g/mol. The molecule has 2 N–H and O–H groups in total. The van der Waals surface area contributed by atoms with Gasteiger partial charge in [-0.15, -0.1) is 11.3 Å². The van der Waals surface area contributed by atoms with Crippen LogP contribution in [0, 0.1) is 0 Å². The molecule has 0 bridgehead atoms. The molecule has 1 aromatic heterocycles. The molecule has 76 valence electrons. The Kier molecular flexibility index (Phi) is 2.77. The lowest BCUT2D eigenvalue weighted by Gasteiger charge is -2.20. The molecule has 0 amide bonds. The predicted molar refractivity (Wildman–Crippen MR) is 61.7 cm³/mol. The van der Waals surface area contributed by atoms with Crippen molar-refractivity contribution in [2.75, 3.05) is 0 Å². The number of hydrogen-bond donors (Lipinski definition) is 1. The average molecular weight is 274 g/mol. The van der Waals surface area contributed by atoms with Gasteiger partial charge in [-0.3, -0.25) is 4.79 Å². The van der Waals surface area contributed by atoms with Crippen molar-refractivity contribution in [3.63, 3.8) is 0 Å². The highest BCUT2D eigenvalue weighted by Gasteiger charge is 2.38. The molecule has 0 saturated heterocycles. The van der Waals surface area contributed by atoms with Crippen LogP contribution in [0.5, 0.6) is 0 Å². The normalized spacial score (nSPS) is 19.9. The Morgan fingerprint density at radius 3 is 2.64 bits per heavy atom. The topological polar surface area (TPSA) is 43.1 Å². The summed E-state index contributed by atoms with van der Waals surface area (Å²) in [5, 5.41) is 1.91. The number of carbonyl (C=O) groups is 1. The zero-order valence-corrected chi connectivity index (χ0v) is 10.2. The Morgan fingerprint density at radius 1 is 1.50 bits per heavy atom. The van der Waals surface area contributed by atoms with Crippen molar-refractivity contribution in [3.05, 3.63) is 20.8 Å². The smallest absolute Gasteiger partial charge is 0.193 e. The molecule has 0 atom stereocenters. The van der Waals surface area contributed by atoms with Gasteiger partial charge in [0.25, 0.3) is 0 Å². The minimum absolute atomic E-state index is 0.108. The molecule has 1 aliphatic carbocycles. The SMILES string of the molecule is NC1(C(=O)c2sccc2Br)CCCC1. The molecule has 1 aromatic rings. The van der Waals surface area contributed by atoms with Crippen molar-refractivity contribution in [1.29, 1.82) is 0 Å². The number of thiophene rings is 1. The first-order chi connectivity index (χ1) is 6.63. The van der Waals surface area contributed by atoms with Crippen LogP contribution in [-0.4, -0.2) is 11.3 Å². The summed E-state index contributed by atoms with van der Waals surface area (Å²) in [6, 6.07) is 1.90. The molecular weight excluding hydrogens is 262 g/mol. The number of nitrogens with two attached hydrogens (primary N) is 1. The van der Waals surface area contributed by atoms with Gasteiger partial charge in [0, 0.05) is 4.47 Å². The Hall–Kier alpha value is -0.190. The van der Waals surface area contributed by atoms with E-state index in [4.69, 9.17) is 5.73 Å². The third kappa shape index (κ3) is 1.66. The molecule has 1 fully saturated rings. The summed E-state index contributed by atoms with van der Waals surface area (Å²) in [7, 11) is 0. The Morgan fingerprint density at radius 2 is 2.14 bits per heavy atom. The molecular formula is C10H12BrNOS. The van der Waals surface area contributed by atoms with Crippen LogP contribution in [0.2, 0.25) is 0 Å². The first-order valence-electron chi connectivity index (χ1n) is 4.70. The standard InChI is InChI=1S/C10H12BrNOS/c11-7-3-6-14-8(7)9(13)10(12)4-1-2-5-10/h3,6H,1-2,4-5,12H2. The van der Waals surface area contributed by atoms with Gasteiger partial charge in [-0.05, 0) is 40.2 Å². The van der Waals surface area contributed by atoms with Crippen molar-refractivity contribution < 1.29 is 4.79 Å². The molecule has 1 saturated carbocycles. The first kappa shape index (κ1) is 10.3. The molecule has 0 aromatic carbocycles. The minimum atomic E-state index is -0.590. The van der Waals surface area contributed by atoms with E-state index in [0.717, 1.165) is 35.0 Å². The molecule has 14 heavy (non-hydrogen) atoms. The highest BCUT2D eigenvalue weighted by molar-refractivity contribution is 9.10. The fourth-order valence-corrected chi connectivity index (χ4v) is 3.51. The van der Waals surface area contributed by atoms with E-state index in [9.17, 15) is 4.79 Å². The minimum Gasteiger partial charge on any atom is -0.319 e. The Labute approximate surface area is 95.6 Å². The molecule has 1 aliphatic rings. The lowest BCUT2D eigenvalue weighted by atomic mass is 9.92. The predicted octanol–water partition coefficient (Wildman–Crippen LogP) is 2.96. The van der Waals surface area contributed by atoms with Crippen LogP contribution in [-0.2, 0) is 0 Å². The van der Waals surface area contributed by atoms with Gasteiger partial charge in [0.15, 0.2) is 5.78 Å². The summed E-state index contributed by atoms with van der Waals surface area (Å²) in [5.74, 6) is 0.108. The van der Waals surface area contributed by atoms with Gasteiger partial charge in [-0.1, -0.05) is 12.8 Å². The maximum Gasteiger partial charge on any atom is 0.193 e. The van der Waals surface area contributed by atoms with Crippen LogP contribution in [0.25, 0.3) is 0 Å². The maximum absolute atomic E-state index is 12.1. The van der Waals surface area contributed by atoms with E-state index in [1.54, 1.807) is 0 Å². The lowest BCUT2D eigenvalue weighted by molar-refractivity contribution is 0.0895. The number of rotatable bonds is 2.